The number of hydrogen-bond donors (Lipinski definition) is 2. The highest BCUT2D eigenvalue weighted by Gasteiger charge is 2.21. The monoisotopic (exact) mass is 308 g/mol. The molecule has 0 spiro atoms. The van der Waals surface area contributed by atoms with Crippen molar-refractivity contribution in [2.45, 2.75) is 25.2 Å². The molecule has 0 atom stereocenters. The second-order valence-corrected chi connectivity index (χ2v) is 6.41. The average Bonchev–Trinajstić information content (AvgIpc) is 2.40. The second kappa shape index (κ2) is 5.73. The Kier molecular flexibility index (Phi) is 4.18. The minimum atomic E-state index is -4.00. The van der Waals surface area contributed by atoms with Crippen LogP contribution in [-0.4, -0.2) is 8.42 Å². The third-order valence-corrected chi connectivity index (χ3v) is 4.60. The van der Waals surface area contributed by atoms with Crippen molar-refractivity contribution in [1.29, 1.82) is 0 Å². The Bertz CT molecular complexity index is 773. The molecule has 0 unspecified atom stereocenters. The summed E-state index contributed by atoms with van der Waals surface area (Å²) in [6.45, 7) is 3.73. The molecule has 0 aliphatic carbocycles. The number of halogens is 1. The predicted octanol–water partition coefficient (Wildman–Crippen LogP) is 3.08. The van der Waals surface area contributed by atoms with Gasteiger partial charge in [0.15, 0.2) is 0 Å². The molecule has 0 amide bonds. The van der Waals surface area contributed by atoms with E-state index in [9.17, 15) is 12.8 Å². The van der Waals surface area contributed by atoms with Crippen molar-refractivity contribution in [2.75, 3.05) is 10.5 Å². The molecule has 2 aromatic rings. The van der Waals surface area contributed by atoms with Crippen LogP contribution in [0.4, 0.5) is 15.8 Å². The summed E-state index contributed by atoms with van der Waals surface area (Å²) >= 11 is 0. The third kappa shape index (κ3) is 3.16. The zero-order chi connectivity index (χ0) is 15.6. The molecule has 4 nitrogen and oxygen atoms in total. The molecule has 0 saturated carbocycles. The number of sulfonamides is 1. The number of anilines is 2. The van der Waals surface area contributed by atoms with E-state index < -0.39 is 20.7 Å². The van der Waals surface area contributed by atoms with Gasteiger partial charge in [0.05, 0.1) is 5.69 Å². The summed E-state index contributed by atoms with van der Waals surface area (Å²) < 4.78 is 41.0. The lowest BCUT2D eigenvalue weighted by Crippen LogP contribution is -2.16. The van der Waals surface area contributed by atoms with Gasteiger partial charge in [-0.3, -0.25) is 4.72 Å². The van der Waals surface area contributed by atoms with Crippen LogP contribution in [-0.2, 0) is 16.4 Å². The van der Waals surface area contributed by atoms with Gasteiger partial charge >= 0.3 is 0 Å². The van der Waals surface area contributed by atoms with Gasteiger partial charge in [-0.15, -0.1) is 0 Å². The SMILES string of the molecule is CCc1cccc(C)c1NS(=O)(=O)c1ccc(N)cc1F. The summed E-state index contributed by atoms with van der Waals surface area (Å²) in [6.07, 6.45) is 0.670. The van der Waals surface area contributed by atoms with E-state index >= 15 is 0 Å². The third-order valence-electron chi connectivity index (χ3n) is 3.22. The first-order valence-electron chi connectivity index (χ1n) is 6.51. The van der Waals surface area contributed by atoms with Crippen LogP contribution in [0.1, 0.15) is 18.1 Å². The zero-order valence-electron chi connectivity index (χ0n) is 11.9. The zero-order valence-corrected chi connectivity index (χ0v) is 12.7. The first-order chi connectivity index (χ1) is 9.85. The first kappa shape index (κ1) is 15.3. The van der Waals surface area contributed by atoms with Gasteiger partial charge in [-0.1, -0.05) is 25.1 Å². The normalized spacial score (nSPS) is 11.4. The highest BCUT2D eigenvalue weighted by Crippen LogP contribution is 2.26. The van der Waals surface area contributed by atoms with Crippen LogP contribution in [0.15, 0.2) is 41.3 Å². The fraction of sp³-hybridized carbons (Fsp3) is 0.200. The van der Waals surface area contributed by atoms with Crippen LogP contribution >= 0.6 is 0 Å². The molecule has 2 rings (SSSR count). The van der Waals surface area contributed by atoms with E-state index in [4.69, 9.17) is 5.73 Å². The van der Waals surface area contributed by atoms with Gasteiger partial charge in [0.1, 0.15) is 10.7 Å². The van der Waals surface area contributed by atoms with E-state index in [0.29, 0.717) is 12.1 Å². The number of hydrogen-bond acceptors (Lipinski definition) is 3. The van der Waals surface area contributed by atoms with Crippen LogP contribution in [0.3, 0.4) is 0 Å². The topological polar surface area (TPSA) is 72.2 Å². The van der Waals surface area contributed by atoms with Crippen LogP contribution in [0.25, 0.3) is 0 Å². The Morgan fingerprint density at radius 3 is 2.57 bits per heavy atom. The van der Waals surface area contributed by atoms with Crippen LogP contribution in [0.2, 0.25) is 0 Å². The Hall–Kier alpha value is -2.08. The van der Waals surface area contributed by atoms with E-state index in [0.717, 1.165) is 23.3 Å². The van der Waals surface area contributed by atoms with E-state index in [2.05, 4.69) is 4.72 Å². The fourth-order valence-electron chi connectivity index (χ4n) is 2.09. The number of nitrogens with one attached hydrogen (secondary N) is 1. The summed E-state index contributed by atoms with van der Waals surface area (Å²) in [5, 5.41) is 0. The minimum Gasteiger partial charge on any atom is -0.399 e. The van der Waals surface area contributed by atoms with Crippen molar-refractivity contribution in [1.82, 2.24) is 0 Å². The summed E-state index contributed by atoms with van der Waals surface area (Å²) in [4.78, 5) is -0.415. The number of rotatable bonds is 4. The molecule has 0 aliphatic heterocycles. The summed E-state index contributed by atoms with van der Waals surface area (Å²) in [5.74, 6) is -0.867. The molecule has 0 radical (unpaired) electrons. The predicted molar refractivity (Wildman–Crippen MR) is 82.2 cm³/mol. The second-order valence-electron chi connectivity index (χ2n) is 4.76. The molecule has 21 heavy (non-hydrogen) atoms. The molecule has 0 fully saturated rings. The molecule has 2 aromatic carbocycles. The molecule has 3 N–H and O–H groups in total. The lowest BCUT2D eigenvalue weighted by atomic mass is 10.1. The summed E-state index contributed by atoms with van der Waals surface area (Å²) in [7, 11) is -4.00. The molecule has 0 bridgehead atoms. The van der Waals surface area contributed by atoms with E-state index in [1.807, 2.05) is 19.1 Å². The van der Waals surface area contributed by atoms with Crippen LogP contribution < -0.4 is 10.5 Å². The molecule has 0 aliphatic rings. The molecule has 0 aromatic heterocycles. The standard InChI is InChI=1S/C15H17FN2O2S/c1-3-11-6-4-5-10(2)15(11)18-21(19,20)14-8-7-12(17)9-13(14)16/h4-9,18H,3,17H2,1-2H3. The molecular formula is C15H17FN2O2S. The van der Waals surface area contributed by atoms with Crippen molar-refractivity contribution in [2.24, 2.45) is 0 Å². The van der Waals surface area contributed by atoms with E-state index in [-0.39, 0.29) is 5.69 Å². The van der Waals surface area contributed by atoms with Crippen LogP contribution in [0, 0.1) is 12.7 Å². The number of aryl methyl sites for hydroxylation is 2. The maximum absolute atomic E-state index is 13.8. The Balaban J connectivity index is 2.47. The van der Waals surface area contributed by atoms with Gasteiger partial charge < -0.3 is 5.73 Å². The highest BCUT2D eigenvalue weighted by molar-refractivity contribution is 7.92. The number of para-hydroxylation sites is 1. The minimum absolute atomic E-state index is 0.177. The van der Waals surface area contributed by atoms with Crippen molar-refractivity contribution >= 4 is 21.4 Å². The maximum atomic E-state index is 13.8. The number of benzene rings is 2. The van der Waals surface area contributed by atoms with Gasteiger partial charge in [-0.25, -0.2) is 12.8 Å². The first-order valence-corrected chi connectivity index (χ1v) is 8.00. The smallest absolute Gasteiger partial charge is 0.264 e. The summed E-state index contributed by atoms with van der Waals surface area (Å²) in [6, 6.07) is 9.01. The average molecular weight is 308 g/mol. The quantitative estimate of drug-likeness (QED) is 0.853. The van der Waals surface area contributed by atoms with Gasteiger partial charge in [-0.05, 0) is 42.7 Å². The van der Waals surface area contributed by atoms with Crippen molar-refractivity contribution in [3.05, 3.63) is 53.3 Å². The molecule has 0 saturated heterocycles. The lowest BCUT2D eigenvalue weighted by molar-refractivity contribution is 0.570. The summed E-state index contributed by atoms with van der Waals surface area (Å²) in [5.41, 5.74) is 7.75. The Labute approximate surface area is 123 Å². The van der Waals surface area contributed by atoms with E-state index in [1.165, 1.54) is 6.07 Å². The van der Waals surface area contributed by atoms with E-state index in [1.54, 1.807) is 13.0 Å². The highest BCUT2D eigenvalue weighted by atomic mass is 32.2. The van der Waals surface area contributed by atoms with Gasteiger partial charge in [0.25, 0.3) is 10.0 Å². The number of nitrogens with two attached hydrogens (primary N) is 1. The molecular weight excluding hydrogens is 291 g/mol. The Morgan fingerprint density at radius 1 is 1.24 bits per heavy atom. The van der Waals surface area contributed by atoms with Crippen molar-refractivity contribution in [3.63, 3.8) is 0 Å². The number of nitrogen functional groups attached to an aromatic ring is 1. The van der Waals surface area contributed by atoms with Crippen molar-refractivity contribution < 1.29 is 12.8 Å². The van der Waals surface area contributed by atoms with Gasteiger partial charge in [-0.2, -0.15) is 0 Å². The molecule has 6 heteroatoms. The lowest BCUT2D eigenvalue weighted by Gasteiger charge is -2.15. The van der Waals surface area contributed by atoms with Crippen molar-refractivity contribution in [3.8, 4) is 0 Å². The van der Waals surface area contributed by atoms with Crippen LogP contribution in [0.5, 0.6) is 0 Å². The van der Waals surface area contributed by atoms with Gasteiger partial charge in [0.2, 0.25) is 0 Å². The van der Waals surface area contributed by atoms with Gasteiger partial charge in [0, 0.05) is 5.69 Å². The largest absolute Gasteiger partial charge is 0.399 e. The molecule has 0 heterocycles. The Morgan fingerprint density at radius 2 is 1.95 bits per heavy atom. The fourth-order valence-corrected chi connectivity index (χ4v) is 3.33. The maximum Gasteiger partial charge on any atom is 0.264 e. The molecule has 112 valence electrons.